The molecular weight excluding hydrogens is 327 g/mol. The second-order valence-corrected chi connectivity index (χ2v) is 6.94. The Morgan fingerprint density at radius 1 is 1.17 bits per heavy atom. The number of aromatic nitrogens is 1. The van der Waals surface area contributed by atoms with Crippen LogP contribution in [0, 0.1) is 5.82 Å². The van der Waals surface area contributed by atoms with E-state index in [0.717, 1.165) is 9.79 Å². The van der Waals surface area contributed by atoms with E-state index in [4.69, 9.17) is 0 Å². The summed E-state index contributed by atoms with van der Waals surface area (Å²) >= 11 is 1.47. The van der Waals surface area contributed by atoms with E-state index in [2.05, 4.69) is 4.98 Å². The fraction of sp³-hybridized carbons (Fsp3) is 0.222. The van der Waals surface area contributed by atoms with Gasteiger partial charge in [-0.05, 0) is 50.2 Å². The first-order chi connectivity index (χ1) is 11.5. The molecule has 0 atom stereocenters. The van der Waals surface area contributed by atoms with E-state index in [1.54, 1.807) is 29.3 Å². The maximum atomic E-state index is 12.9. The monoisotopic (exact) mass is 344 g/mol. The molecule has 0 spiro atoms. The SMILES string of the molecule is CC(C)N1CC(c2ccc(Sc3ccc(F)cc3)cn2)=C(O)C1=O. The average molecular weight is 344 g/mol. The molecule has 2 aromatic rings. The van der Waals surface area contributed by atoms with Gasteiger partial charge >= 0.3 is 0 Å². The number of amides is 1. The summed E-state index contributed by atoms with van der Waals surface area (Å²) in [6.07, 6.45) is 1.69. The molecule has 1 amide bonds. The van der Waals surface area contributed by atoms with Gasteiger partial charge in [0, 0.05) is 27.6 Å². The Morgan fingerprint density at radius 2 is 1.83 bits per heavy atom. The zero-order valence-electron chi connectivity index (χ0n) is 13.4. The van der Waals surface area contributed by atoms with Crippen LogP contribution in [0.25, 0.3) is 5.57 Å². The van der Waals surface area contributed by atoms with Crippen molar-refractivity contribution in [2.45, 2.75) is 29.7 Å². The van der Waals surface area contributed by atoms with Crippen molar-refractivity contribution < 1.29 is 14.3 Å². The molecule has 0 aliphatic carbocycles. The van der Waals surface area contributed by atoms with E-state index in [1.807, 2.05) is 19.9 Å². The number of aliphatic hydroxyl groups excluding tert-OH is 1. The third-order valence-electron chi connectivity index (χ3n) is 3.80. The molecule has 0 saturated carbocycles. The van der Waals surface area contributed by atoms with Gasteiger partial charge in [0.1, 0.15) is 5.82 Å². The number of hydrogen-bond acceptors (Lipinski definition) is 4. The number of hydrogen-bond donors (Lipinski definition) is 1. The van der Waals surface area contributed by atoms with Crippen LogP contribution < -0.4 is 0 Å². The molecule has 0 unspecified atom stereocenters. The summed E-state index contributed by atoms with van der Waals surface area (Å²) in [6, 6.07) is 9.92. The van der Waals surface area contributed by atoms with Crippen molar-refractivity contribution >= 4 is 23.2 Å². The first kappa shape index (κ1) is 16.5. The lowest BCUT2D eigenvalue weighted by Gasteiger charge is -2.20. The van der Waals surface area contributed by atoms with E-state index < -0.39 is 0 Å². The predicted molar refractivity (Wildman–Crippen MR) is 91.2 cm³/mol. The molecule has 1 aliphatic heterocycles. The zero-order chi connectivity index (χ0) is 17.3. The maximum absolute atomic E-state index is 12.9. The first-order valence-corrected chi connectivity index (χ1v) is 8.40. The molecule has 1 aromatic heterocycles. The van der Waals surface area contributed by atoms with Gasteiger partial charge in [0.05, 0.1) is 12.2 Å². The standard InChI is InChI=1S/C18H17FN2O2S/c1-11(2)21-10-15(17(22)18(21)23)16-8-7-14(9-20-16)24-13-5-3-12(19)4-6-13/h3-9,11,22H,10H2,1-2H3. The quantitative estimate of drug-likeness (QED) is 0.914. The first-order valence-electron chi connectivity index (χ1n) is 7.58. The van der Waals surface area contributed by atoms with Gasteiger partial charge in [-0.15, -0.1) is 0 Å². The number of carbonyl (C=O) groups excluding carboxylic acids is 1. The summed E-state index contributed by atoms with van der Waals surface area (Å²) in [5, 5.41) is 10.1. The number of aliphatic hydroxyl groups is 1. The van der Waals surface area contributed by atoms with Crippen LogP contribution in [0.4, 0.5) is 4.39 Å². The van der Waals surface area contributed by atoms with Crippen molar-refractivity contribution in [1.29, 1.82) is 0 Å². The average Bonchev–Trinajstić information content (AvgIpc) is 2.86. The fourth-order valence-electron chi connectivity index (χ4n) is 2.46. The van der Waals surface area contributed by atoms with E-state index in [-0.39, 0.29) is 23.5 Å². The smallest absolute Gasteiger partial charge is 0.289 e. The van der Waals surface area contributed by atoms with Gasteiger partial charge in [0.2, 0.25) is 0 Å². The Bertz CT molecular complexity index is 786. The van der Waals surface area contributed by atoms with Crippen molar-refractivity contribution in [2.24, 2.45) is 0 Å². The molecule has 6 heteroatoms. The van der Waals surface area contributed by atoms with Crippen LogP contribution >= 0.6 is 11.8 Å². The summed E-state index contributed by atoms with van der Waals surface area (Å²) in [4.78, 5) is 19.8. The summed E-state index contributed by atoms with van der Waals surface area (Å²) in [6.45, 7) is 4.17. The highest BCUT2D eigenvalue weighted by molar-refractivity contribution is 7.99. The second-order valence-electron chi connectivity index (χ2n) is 5.79. The second kappa shape index (κ2) is 6.65. The minimum absolute atomic E-state index is 0.0189. The number of benzene rings is 1. The molecule has 0 fully saturated rings. The molecule has 1 N–H and O–H groups in total. The van der Waals surface area contributed by atoms with E-state index in [9.17, 15) is 14.3 Å². The topological polar surface area (TPSA) is 53.4 Å². The lowest BCUT2D eigenvalue weighted by Crippen LogP contribution is -2.33. The molecule has 124 valence electrons. The van der Waals surface area contributed by atoms with Crippen LogP contribution in [0.2, 0.25) is 0 Å². The predicted octanol–water partition coefficient (Wildman–Crippen LogP) is 3.89. The van der Waals surface area contributed by atoms with Crippen LogP contribution in [-0.4, -0.2) is 33.5 Å². The fourth-order valence-corrected chi connectivity index (χ4v) is 3.25. The Hall–Kier alpha value is -2.34. The largest absolute Gasteiger partial charge is 0.503 e. The van der Waals surface area contributed by atoms with Gasteiger partial charge in [0.25, 0.3) is 5.91 Å². The lowest BCUT2D eigenvalue weighted by atomic mass is 10.1. The van der Waals surface area contributed by atoms with Gasteiger partial charge in [-0.2, -0.15) is 0 Å². The molecule has 1 aromatic carbocycles. The molecular formula is C18H17FN2O2S. The van der Waals surface area contributed by atoms with Gasteiger partial charge in [-0.3, -0.25) is 9.78 Å². The normalized spacial score (nSPS) is 14.8. The highest BCUT2D eigenvalue weighted by atomic mass is 32.2. The third kappa shape index (κ3) is 3.28. The molecule has 2 heterocycles. The molecule has 4 nitrogen and oxygen atoms in total. The van der Waals surface area contributed by atoms with Crippen molar-refractivity contribution in [3.8, 4) is 0 Å². The van der Waals surface area contributed by atoms with Crippen LogP contribution in [0.3, 0.4) is 0 Å². The number of carbonyl (C=O) groups is 1. The lowest BCUT2D eigenvalue weighted by molar-refractivity contribution is -0.129. The van der Waals surface area contributed by atoms with Gasteiger partial charge in [-0.1, -0.05) is 11.8 Å². The molecule has 24 heavy (non-hydrogen) atoms. The molecule has 0 bridgehead atoms. The molecule has 3 rings (SSSR count). The van der Waals surface area contributed by atoms with Crippen molar-refractivity contribution in [2.75, 3.05) is 6.54 Å². The van der Waals surface area contributed by atoms with Crippen LogP contribution in [-0.2, 0) is 4.79 Å². The maximum Gasteiger partial charge on any atom is 0.289 e. The van der Waals surface area contributed by atoms with Gasteiger partial charge in [-0.25, -0.2) is 4.39 Å². The molecule has 0 saturated heterocycles. The van der Waals surface area contributed by atoms with Crippen molar-refractivity contribution in [1.82, 2.24) is 9.88 Å². The Labute approximate surface area is 144 Å². The van der Waals surface area contributed by atoms with Gasteiger partial charge < -0.3 is 10.0 Å². The van der Waals surface area contributed by atoms with Crippen molar-refractivity contribution in [3.63, 3.8) is 0 Å². The van der Waals surface area contributed by atoms with E-state index in [0.29, 0.717) is 17.8 Å². The summed E-state index contributed by atoms with van der Waals surface area (Å²) in [5.74, 6) is -0.849. The van der Waals surface area contributed by atoms with Gasteiger partial charge in [0.15, 0.2) is 5.76 Å². The zero-order valence-corrected chi connectivity index (χ0v) is 14.2. The number of rotatable bonds is 4. The van der Waals surface area contributed by atoms with E-state index >= 15 is 0 Å². The third-order valence-corrected chi connectivity index (χ3v) is 4.78. The Balaban J connectivity index is 1.77. The highest BCUT2D eigenvalue weighted by Crippen LogP contribution is 2.30. The Kier molecular flexibility index (Phi) is 4.57. The molecule has 1 aliphatic rings. The number of halogens is 1. The molecule has 0 radical (unpaired) electrons. The van der Waals surface area contributed by atoms with Crippen molar-refractivity contribution in [3.05, 3.63) is 59.9 Å². The minimum Gasteiger partial charge on any atom is -0.503 e. The highest BCUT2D eigenvalue weighted by Gasteiger charge is 2.32. The minimum atomic E-state index is -0.355. The van der Waals surface area contributed by atoms with E-state index in [1.165, 1.54) is 23.9 Å². The van der Waals surface area contributed by atoms with Crippen LogP contribution in [0.1, 0.15) is 19.5 Å². The Morgan fingerprint density at radius 3 is 2.38 bits per heavy atom. The summed E-state index contributed by atoms with van der Waals surface area (Å²) in [5.41, 5.74) is 1.14. The number of pyridine rings is 1. The number of nitrogens with zero attached hydrogens (tertiary/aromatic N) is 2. The van der Waals surface area contributed by atoms with Crippen LogP contribution in [0.5, 0.6) is 0 Å². The van der Waals surface area contributed by atoms with Crippen LogP contribution in [0.15, 0.2) is 58.1 Å². The summed E-state index contributed by atoms with van der Waals surface area (Å²) in [7, 11) is 0. The summed E-state index contributed by atoms with van der Waals surface area (Å²) < 4.78 is 12.9.